The molecule has 3 aliphatic rings. The second kappa shape index (κ2) is 12.0. The van der Waals surface area contributed by atoms with Crippen LogP contribution in [0.4, 0.5) is 4.79 Å². The van der Waals surface area contributed by atoms with Gasteiger partial charge in [-0.3, -0.25) is 9.59 Å². The van der Waals surface area contributed by atoms with Crippen LogP contribution in [0, 0.1) is 17.8 Å². The molecule has 0 spiro atoms. The number of amides is 2. The van der Waals surface area contributed by atoms with Crippen molar-refractivity contribution in [2.75, 3.05) is 24.7 Å². The zero-order valence-corrected chi connectivity index (χ0v) is 24.8. The standard InChI is InChI=1S/C27H46N2O5SSi/c1-8-15-33-26(32)29-14-10-12-20(29)17-35-16-19-11-9-13-21(24(19)30)23-22(25(31)28-23)18(2)34-36(6,7)27(3,4)5/h8,18-23H,1,9-17H2,2-7H3,(H,28,31)/t18-,19-,20+,21-,22-,23-/m1/s1. The Morgan fingerprint density at radius 2 is 1.94 bits per heavy atom. The van der Waals surface area contributed by atoms with E-state index < -0.39 is 8.32 Å². The summed E-state index contributed by atoms with van der Waals surface area (Å²) < 4.78 is 11.8. The monoisotopic (exact) mass is 538 g/mol. The Kier molecular flexibility index (Phi) is 9.77. The zero-order chi connectivity index (χ0) is 26.7. The van der Waals surface area contributed by atoms with Crippen LogP contribution < -0.4 is 5.32 Å². The summed E-state index contributed by atoms with van der Waals surface area (Å²) in [4.78, 5) is 40.2. The maximum atomic E-state index is 13.5. The van der Waals surface area contributed by atoms with Gasteiger partial charge in [0.2, 0.25) is 5.91 Å². The van der Waals surface area contributed by atoms with Crippen LogP contribution in [0.15, 0.2) is 12.7 Å². The quantitative estimate of drug-likeness (QED) is 0.239. The number of thioether (sulfide) groups is 1. The first-order valence-electron chi connectivity index (χ1n) is 13.5. The van der Waals surface area contributed by atoms with Crippen LogP contribution in [0.5, 0.6) is 0 Å². The predicted molar refractivity (Wildman–Crippen MR) is 148 cm³/mol. The Morgan fingerprint density at radius 3 is 2.58 bits per heavy atom. The lowest BCUT2D eigenvalue weighted by Gasteiger charge is -2.48. The summed E-state index contributed by atoms with van der Waals surface area (Å²) in [6.07, 6.45) is 5.81. The maximum Gasteiger partial charge on any atom is 0.410 e. The SMILES string of the molecule is C=CCOC(=O)N1CCC[C@H]1CSC[C@H]1CCC[C@H]([C@H]2NC(=O)[C@@H]2[C@@H](C)O[Si](C)(C)C(C)(C)C)C1=O. The van der Waals surface area contributed by atoms with Gasteiger partial charge in [-0.2, -0.15) is 11.8 Å². The third kappa shape index (κ3) is 6.56. The molecule has 1 aliphatic carbocycles. The normalized spacial score (nSPS) is 29.9. The summed E-state index contributed by atoms with van der Waals surface area (Å²) >= 11 is 1.77. The highest BCUT2D eigenvalue weighted by Crippen LogP contribution is 2.41. The minimum Gasteiger partial charge on any atom is -0.445 e. The molecular formula is C27H46N2O5SSi. The van der Waals surface area contributed by atoms with Gasteiger partial charge in [-0.15, -0.1) is 0 Å². The van der Waals surface area contributed by atoms with E-state index >= 15 is 0 Å². The van der Waals surface area contributed by atoms with E-state index in [1.165, 1.54) is 0 Å². The van der Waals surface area contributed by atoms with E-state index in [1.54, 1.807) is 17.8 Å². The molecule has 36 heavy (non-hydrogen) atoms. The number of rotatable bonds is 10. The minimum absolute atomic E-state index is 0.00564. The first-order valence-corrected chi connectivity index (χ1v) is 17.6. The van der Waals surface area contributed by atoms with E-state index in [0.717, 1.165) is 50.2 Å². The van der Waals surface area contributed by atoms with E-state index in [4.69, 9.17) is 9.16 Å². The van der Waals surface area contributed by atoms with E-state index in [-0.39, 0.29) is 65.4 Å². The number of likely N-dealkylation sites (tertiary alicyclic amines) is 1. The van der Waals surface area contributed by atoms with Crippen molar-refractivity contribution in [3.8, 4) is 0 Å². The molecule has 2 amide bonds. The molecule has 0 bridgehead atoms. The van der Waals surface area contributed by atoms with E-state index in [9.17, 15) is 14.4 Å². The lowest BCUT2D eigenvalue weighted by Crippen LogP contribution is -2.67. The number of nitrogens with zero attached hydrogens (tertiary/aromatic N) is 1. The number of ketones is 1. The van der Waals surface area contributed by atoms with Crippen molar-refractivity contribution >= 4 is 37.9 Å². The van der Waals surface area contributed by atoms with Gasteiger partial charge in [-0.05, 0) is 50.7 Å². The van der Waals surface area contributed by atoms with Crippen molar-refractivity contribution in [3.05, 3.63) is 12.7 Å². The molecule has 3 rings (SSSR count). The number of Topliss-reactive ketones (excluding diaryl/α,β-unsaturated/α-hetero) is 1. The van der Waals surface area contributed by atoms with Crippen molar-refractivity contribution in [2.45, 2.75) is 96.1 Å². The van der Waals surface area contributed by atoms with Crippen LogP contribution in [0.3, 0.4) is 0 Å². The number of hydrogen-bond donors (Lipinski definition) is 1. The van der Waals surface area contributed by atoms with Crippen molar-refractivity contribution in [3.63, 3.8) is 0 Å². The summed E-state index contributed by atoms with van der Waals surface area (Å²) in [5, 5.41) is 3.13. The zero-order valence-electron chi connectivity index (χ0n) is 23.0. The third-order valence-electron chi connectivity index (χ3n) is 8.63. The largest absolute Gasteiger partial charge is 0.445 e. The van der Waals surface area contributed by atoms with Crippen molar-refractivity contribution in [2.24, 2.45) is 17.8 Å². The smallest absolute Gasteiger partial charge is 0.410 e. The van der Waals surface area contributed by atoms with Gasteiger partial charge in [0.15, 0.2) is 8.32 Å². The highest BCUT2D eigenvalue weighted by molar-refractivity contribution is 7.99. The van der Waals surface area contributed by atoms with Crippen molar-refractivity contribution < 1.29 is 23.5 Å². The summed E-state index contributed by atoms with van der Waals surface area (Å²) in [6, 6.07) is 0.0352. The number of β-lactam (4-membered cyclic amide) rings is 1. The molecule has 9 heteroatoms. The van der Waals surface area contributed by atoms with Crippen LogP contribution in [0.1, 0.15) is 59.8 Å². The molecule has 0 unspecified atom stereocenters. The first-order chi connectivity index (χ1) is 16.9. The Balaban J connectivity index is 1.54. The van der Waals surface area contributed by atoms with Crippen molar-refractivity contribution in [1.29, 1.82) is 0 Å². The van der Waals surface area contributed by atoms with E-state index in [1.807, 2.05) is 11.8 Å². The van der Waals surface area contributed by atoms with Gasteiger partial charge in [0.05, 0.1) is 18.1 Å². The van der Waals surface area contributed by atoms with E-state index in [0.29, 0.717) is 0 Å². The highest BCUT2D eigenvalue weighted by atomic mass is 32.2. The molecule has 1 saturated carbocycles. The number of carbonyl (C=O) groups is 3. The molecule has 1 N–H and O–H groups in total. The summed E-state index contributed by atoms with van der Waals surface area (Å²) in [7, 11) is -2.01. The van der Waals surface area contributed by atoms with E-state index in [2.05, 4.69) is 45.8 Å². The molecule has 2 aliphatic heterocycles. The average molecular weight is 539 g/mol. The van der Waals surface area contributed by atoms with Crippen LogP contribution in [0.25, 0.3) is 0 Å². The molecule has 7 nitrogen and oxygen atoms in total. The number of carbonyl (C=O) groups excluding carboxylic acids is 3. The Hall–Kier alpha value is -1.32. The predicted octanol–water partition coefficient (Wildman–Crippen LogP) is 5.02. The van der Waals surface area contributed by atoms with Crippen LogP contribution in [-0.4, -0.2) is 73.8 Å². The third-order valence-corrected chi connectivity index (χ3v) is 14.5. The van der Waals surface area contributed by atoms with Crippen LogP contribution in [-0.2, 0) is 18.8 Å². The second-order valence-electron chi connectivity index (χ2n) is 12.2. The molecule has 2 saturated heterocycles. The lowest BCUT2D eigenvalue weighted by molar-refractivity contribution is -0.146. The maximum absolute atomic E-state index is 13.5. The Labute approximate surface area is 222 Å². The number of hydrogen-bond acceptors (Lipinski definition) is 6. The molecule has 204 valence electrons. The van der Waals surface area contributed by atoms with Gasteiger partial charge >= 0.3 is 6.09 Å². The molecular weight excluding hydrogens is 492 g/mol. The number of ether oxygens (including phenoxy) is 1. The molecule has 0 aromatic rings. The van der Waals surface area contributed by atoms with Gasteiger partial charge in [-0.1, -0.05) is 39.8 Å². The summed E-state index contributed by atoms with van der Waals surface area (Å²) in [5.41, 5.74) is 0. The number of nitrogens with one attached hydrogen (secondary N) is 1. The topological polar surface area (TPSA) is 84.9 Å². The second-order valence-corrected chi connectivity index (χ2v) is 18.0. The van der Waals surface area contributed by atoms with Crippen LogP contribution in [0.2, 0.25) is 18.1 Å². The van der Waals surface area contributed by atoms with Gasteiger partial charge < -0.3 is 19.4 Å². The molecule has 2 heterocycles. The van der Waals surface area contributed by atoms with Gasteiger partial charge in [-0.25, -0.2) is 4.79 Å². The van der Waals surface area contributed by atoms with Gasteiger partial charge in [0.1, 0.15) is 12.4 Å². The minimum atomic E-state index is -2.01. The molecule has 0 aromatic heterocycles. The Bertz CT molecular complexity index is 829. The molecule has 0 radical (unpaired) electrons. The Morgan fingerprint density at radius 1 is 1.22 bits per heavy atom. The van der Waals surface area contributed by atoms with Crippen LogP contribution >= 0.6 is 11.8 Å². The highest BCUT2D eigenvalue weighted by Gasteiger charge is 2.52. The van der Waals surface area contributed by atoms with Gasteiger partial charge in [0, 0.05) is 35.9 Å². The summed E-state index contributed by atoms with van der Waals surface area (Å²) in [6.45, 7) is 17.6. The fourth-order valence-electron chi connectivity index (χ4n) is 5.49. The molecule has 0 aromatic carbocycles. The molecule has 3 fully saturated rings. The fourth-order valence-corrected chi connectivity index (χ4v) is 8.29. The lowest BCUT2D eigenvalue weighted by atomic mass is 9.69. The average Bonchev–Trinajstić information content (AvgIpc) is 3.24. The first kappa shape index (κ1) is 29.2. The summed E-state index contributed by atoms with van der Waals surface area (Å²) in [5.74, 6) is 1.51. The van der Waals surface area contributed by atoms with Crippen molar-refractivity contribution in [1.82, 2.24) is 10.2 Å². The van der Waals surface area contributed by atoms with Gasteiger partial charge in [0.25, 0.3) is 0 Å². The molecule has 6 atom stereocenters. The fraction of sp³-hybridized carbons (Fsp3) is 0.815.